The molecule has 2 saturated heterocycles. The maximum absolute atomic E-state index is 14.7. The maximum Gasteiger partial charge on any atom is 0.263 e. The van der Waals surface area contributed by atoms with Gasteiger partial charge >= 0.3 is 0 Å². The van der Waals surface area contributed by atoms with Gasteiger partial charge in [0, 0.05) is 62.9 Å². The SMILES string of the molecule is [2H]N1Cc2cc(CN3CCC(N4CCN(c5ccc(Nc6ncc7c(C)c(C(C)=O)c(=O)n(C8CCCC8)c7n6)nc5)CC4)CC3)cc(F)c2C1=O. The number of nitrogens with one attached hydrogen (secondary N) is 2. The van der Waals surface area contributed by atoms with Crippen molar-refractivity contribution in [1.82, 2.24) is 34.6 Å². The molecule has 2 N–H and O–H groups in total. The molecule has 13 heteroatoms. The molecule has 8 rings (SSSR count). The number of anilines is 3. The Hall–Kier alpha value is -4.75. The van der Waals surface area contributed by atoms with Gasteiger partial charge in [0.1, 0.15) is 17.3 Å². The highest BCUT2D eigenvalue weighted by molar-refractivity contribution is 5.99. The van der Waals surface area contributed by atoms with Crippen molar-refractivity contribution < 1.29 is 15.4 Å². The van der Waals surface area contributed by atoms with Gasteiger partial charge in [0.2, 0.25) is 5.95 Å². The molecule has 266 valence electrons. The molecule has 1 amide bonds. The first-order valence-electron chi connectivity index (χ1n) is 18.6. The van der Waals surface area contributed by atoms with E-state index in [4.69, 9.17) is 6.40 Å². The van der Waals surface area contributed by atoms with E-state index in [0.29, 0.717) is 46.5 Å². The lowest BCUT2D eigenvalue weighted by Crippen LogP contribution is -2.53. The van der Waals surface area contributed by atoms with Crippen LogP contribution in [0, 0.1) is 12.7 Å². The molecule has 0 unspecified atom stereocenters. The number of piperazine rings is 1. The zero-order valence-electron chi connectivity index (χ0n) is 30.2. The Labute approximate surface area is 297 Å². The van der Waals surface area contributed by atoms with Crippen LogP contribution in [-0.2, 0) is 13.1 Å². The zero-order chi connectivity index (χ0) is 36.1. The standard InChI is InChI=1S/C38H44FN9O3/c1-23-30-21-42-38(44-35(30)48(28-5-3-4-6-28)37(51)33(23)24(2)49)43-32-8-7-29(20-40-32)47-15-13-46(14-16-47)27-9-11-45(12-10-27)22-25-17-26-19-41-36(50)34(26)31(39)18-25/h7-8,17-18,20-21,27-28H,3-6,9-16,19,22H2,1-2H3,(H,41,50)(H,40,42,43,44)/i/hD. The summed E-state index contributed by atoms with van der Waals surface area (Å²) < 4.78 is 24.1. The number of fused-ring (bicyclic) bond motifs is 2. The molecule has 1 aromatic carbocycles. The van der Waals surface area contributed by atoms with Crippen LogP contribution in [0.15, 0.2) is 41.5 Å². The first kappa shape index (κ1) is 32.2. The maximum atomic E-state index is 14.7. The summed E-state index contributed by atoms with van der Waals surface area (Å²) in [5.41, 5.74) is 3.68. The number of hydrogen-bond acceptors (Lipinski definition) is 10. The molecule has 0 radical (unpaired) electrons. The number of aryl methyl sites for hydroxylation is 1. The minimum atomic E-state index is -0.562. The monoisotopic (exact) mass is 694 g/mol. The van der Waals surface area contributed by atoms with Crippen LogP contribution in [0.1, 0.15) is 88.9 Å². The smallest absolute Gasteiger partial charge is 0.263 e. The van der Waals surface area contributed by atoms with Crippen molar-refractivity contribution in [1.29, 1.82) is 0 Å². The fourth-order valence-electron chi connectivity index (χ4n) is 8.53. The average molecular weight is 695 g/mol. The second kappa shape index (κ2) is 13.8. The van der Waals surface area contributed by atoms with Gasteiger partial charge in [-0.2, -0.15) is 4.98 Å². The zero-order valence-corrected chi connectivity index (χ0v) is 29.2. The van der Waals surface area contributed by atoms with E-state index in [1.807, 2.05) is 18.3 Å². The number of piperidine rings is 1. The number of amides is 1. The summed E-state index contributed by atoms with van der Waals surface area (Å²) in [6.45, 7) is 9.63. The second-order valence-corrected chi connectivity index (χ2v) is 14.4. The van der Waals surface area contributed by atoms with E-state index in [-0.39, 0.29) is 35.1 Å². The summed E-state index contributed by atoms with van der Waals surface area (Å²) in [4.78, 5) is 59.3. The molecule has 51 heavy (non-hydrogen) atoms. The van der Waals surface area contributed by atoms with Crippen LogP contribution in [0.2, 0.25) is 1.41 Å². The number of benzene rings is 1. The lowest BCUT2D eigenvalue weighted by molar-refractivity contribution is 0.0960. The molecule has 6 heterocycles. The largest absolute Gasteiger partial charge is 0.368 e. The van der Waals surface area contributed by atoms with Crippen LogP contribution in [0.3, 0.4) is 0 Å². The number of hydrogen-bond donors (Lipinski definition) is 2. The summed E-state index contributed by atoms with van der Waals surface area (Å²) in [7, 11) is 0. The van der Waals surface area contributed by atoms with Gasteiger partial charge in [0.15, 0.2) is 7.20 Å². The molecule has 4 aromatic rings. The van der Waals surface area contributed by atoms with Crippen molar-refractivity contribution in [3.63, 3.8) is 0 Å². The van der Waals surface area contributed by atoms with Crippen LogP contribution in [0.4, 0.5) is 21.8 Å². The Morgan fingerprint density at radius 3 is 2.47 bits per heavy atom. The number of ketones is 1. The van der Waals surface area contributed by atoms with Gasteiger partial charge in [-0.25, -0.2) is 14.4 Å². The Bertz CT molecular complexity index is 2090. The first-order chi connectivity index (χ1) is 25.1. The first-order valence-corrected chi connectivity index (χ1v) is 18.1. The molecular weight excluding hydrogens is 649 g/mol. The molecule has 1 saturated carbocycles. The van der Waals surface area contributed by atoms with E-state index in [1.165, 1.54) is 13.0 Å². The molecule has 4 aliphatic rings. The van der Waals surface area contributed by atoms with Crippen molar-refractivity contribution in [2.75, 3.05) is 49.5 Å². The Kier molecular flexibility index (Phi) is 8.68. The Morgan fingerprint density at radius 1 is 1.00 bits per heavy atom. The Morgan fingerprint density at radius 2 is 1.76 bits per heavy atom. The third-order valence-corrected chi connectivity index (χ3v) is 11.2. The third-order valence-electron chi connectivity index (χ3n) is 11.2. The summed E-state index contributed by atoms with van der Waals surface area (Å²) in [5.74, 6) is -0.364. The van der Waals surface area contributed by atoms with Crippen molar-refractivity contribution in [3.05, 3.63) is 80.6 Å². The van der Waals surface area contributed by atoms with Crippen LogP contribution in [-0.4, -0.2) is 86.3 Å². The number of likely N-dealkylation sites (tertiary alicyclic amines) is 1. The number of rotatable bonds is 8. The Balaban J connectivity index is 0.864. The third kappa shape index (κ3) is 6.48. The normalized spacial score (nSPS) is 19.6. The van der Waals surface area contributed by atoms with E-state index >= 15 is 0 Å². The van der Waals surface area contributed by atoms with E-state index in [2.05, 4.69) is 36.1 Å². The number of carbonyl (C=O) groups excluding carboxylic acids is 2. The molecule has 3 aromatic heterocycles. The molecule has 0 bridgehead atoms. The lowest BCUT2D eigenvalue weighted by Gasteiger charge is -2.43. The highest BCUT2D eigenvalue weighted by Gasteiger charge is 2.30. The highest BCUT2D eigenvalue weighted by Crippen LogP contribution is 2.32. The number of aromatic nitrogens is 4. The fraction of sp³-hybridized carbons (Fsp3) is 0.474. The second-order valence-electron chi connectivity index (χ2n) is 14.4. The number of carbonyl (C=O) groups is 2. The minimum Gasteiger partial charge on any atom is -0.368 e. The quantitative estimate of drug-likeness (QED) is 0.250. The van der Waals surface area contributed by atoms with E-state index < -0.39 is 11.7 Å². The molecule has 1 aliphatic carbocycles. The fourth-order valence-corrected chi connectivity index (χ4v) is 8.53. The topological polar surface area (TPSA) is 129 Å². The van der Waals surface area contributed by atoms with Gasteiger partial charge in [-0.1, -0.05) is 18.9 Å². The van der Waals surface area contributed by atoms with Crippen LogP contribution < -0.4 is 21.1 Å². The van der Waals surface area contributed by atoms with Gasteiger partial charge in [0.05, 0.1) is 23.0 Å². The van der Waals surface area contributed by atoms with Gasteiger partial charge in [-0.3, -0.25) is 28.8 Å². The van der Waals surface area contributed by atoms with Gasteiger partial charge < -0.3 is 15.5 Å². The van der Waals surface area contributed by atoms with Gasteiger partial charge in [-0.05, 0) is 87.5 Å². The predicted molar refractivity (Wildman–Crippen MR) is 193 cm³/mol. The number of nitrogens with zero attached hydrogens (tertiary/aromatic N) is 7. The molecular formula is C38H44FN9O3. The molecule has 3 aliphatic heterocycles. The molecule has 0 atom stereocenters. The molecule has 3 fully saturated rings. The predicted octanol–water partition coefficient (Wildman–Crippen LogP) is 4.73. The van der Waals surface area contributed by atoms with E-state index in [1.54, 1.807) is 17.7 Å². The van der Waals surface area contributed by atoms with E-state index in [9.17, 15) is 18.8 Å². The molecule has 0 spiro atoms. The van der Waals surface area contributed by atoms with Crippen molar-refractivity contribution in [3.8, 4) is 0 Å². The average Bonchev–Trinajstić information content (AvgIpc) is 3.76. The van der Waals surface area contributed by atoms with Crippen LogP contribution in [0.5, 0.6) is 0 Å². The van der Waals surface area contributed by atoms with Crippen molar-refractivity contribution >= 4 is 40.2 Å². The lowest BCUT2D eigenvalue weighted by atomic mass is 10.0. The summed E-state index contributed by atoms with van der Waals surface area (Å²) in [6.07, 6.45) is 9.54. The van der Waals surface area contributed by atoms with Crippen molar-refractivity contribution in [2.45, 2.75) is 77.5 Å². The van der Waals surface area contributed by atoms with Gasteiger partial charge in [0.25, 0.3) is 11.5 Å². The van der Waals surface area contributed by atoms with Gasteiger partial charge in [-0.15, -0.1) is 0 Å². The highest BCUT2D eigenvalue weighted by atomic mass is 19.1. The van der Waals surface area contributed by atoms with E-state index in [0.717, 1.165) is 94.4 Å². The number of Topliss-reactive ketones (excluding diaryl/α,β-unsaturated/α-hetero) is 1. The summed E-state index contributed by atoms with van der Waals surface area (Å²) in [5, 5.41) is 4.75. The molecule has 12 nitrogen and oxygen atoms in total. The summed E-state index contributed by atoms with van der Waals surface area (Å²) in [6, 6.07) is 7.85. The minimum absolute atomic E-state index is 0.0157. The van der Waals surface area contributed by atoms with Crippen LogP contribution in [0.25, 0.3) is 11.0 Å². The van der Waals surface area contributed by atoms with Crippen LogP contribution >= 0.6 is 0 Å². The number of halogens is 1. The van der Waals surface area contributed by atoms with Crippen molar-refractivity contribution in [2.24, 2.45) is 0 Å². The number of pyridine rings is 2. The summed E-state index contributed by atoms with van der Waals surface area (Å²) >= 11 is 0.